The van der Waals surface area contributed by atoms with Crippen molar-refractivity contribution in [1.82, 2.24) is 31.1 Å². The van der Waals surface area contributed by atoms with Crippen molar-refractivity contribution >= 4 is 46.1 Å². The zero-order chi connectivity index (χ0) is 33.7. The lowest BCUT2D eigenvalue weighted by molar-refractivity contribution is -0.126. The summed E-state index contributed by atoms with van der Waals surface area (Å²) in [5.74, 6) is 0.839. The van der Waals surface area contributed by atoms with Gasteiger partial charge >= 0.3 is 6.09 Å². The summed E-state index contributed by atoms with van der Waals surface area (Å²) in [5, 5.41) is 16.0. The van der Waals surface area contributed by atoms with E-state index in [4.69, 9.17) is 32.5 Å². The summed E-state index contributed by atoms with van der Waals surface area (Å²) in [5.41, 5.74) is 3.09. The number of nitrogens with one attached hydrogen (secondary N) is 4. The molecule has 0 saturated carbocycles. The maximum absolute atomic E-state index is 14.3. The normalized spacial score (nSPS) is 18.6. The van der Waals surface area contributed by atoms with Gasteiger partial charge in [0.15, 0.2) is 5.82 Å². The smallest absolute Gasteiger partial charge is 0.408 e. The van der Waals surface area contributed by atoms with Crippen LogP contribution in [-0.2, 0) is 29.0 Å². The number of carbonyl (C=O) groups is 2. The van der Waals surface area contributed by atoms with E-state index in [-0.39, 0.29) is 30.4 Å². The van der Waals surface area contributed by atoms with E-state index in [1.807, 2.05) is 50.2 Å². The van der Waals surface area contributed by atoms with Gasteiger partial charge in [-0.05, 0) is 61.3 Å². The fourth-order valence-corrected chi connectivity index (χ4v) is 6.82. The zero-order valence-corrected chi connectivity index (χ0v) is 29.1. The minimum atomic E-state index is -0.808. The van der Waals surface area contributed by atoms with E-state index in [0.29, 0.717) is 54.0 Å². The van der Waals surface area contributed by atoms with Gasteiger partial charge in [-0.25, -0.2) is 4.79 Å². The molecule has 2 heterocycles. The van der Waals surface area contributed by atoms with Crippen molar-refractivity contribution in [3.63, 3.8) is 0 Å². The van der Waals surface area contributed by atoms with Crippen molar-refractivity contribution < 1.29 is 18.8 Å². The first-order valence-electron chi connectivity index (χ1n) is 16.3. The van der Waals surface area contributed by atoms with Crippen molar-refractivity contribution in [3.8, 4) is 0 Å². The number of aromatic amines is 1. The monoisotopic (exact) mass is 682 g/mol. The Morgan fingerprint density at radius 1 is 1.11 bits per heavy atom. The van der Waals surface area contributed by atoms with Crippen LogP contribution in [0.15, 0.2) is 47.0 Å². The SMILES string of the molecule is CCC(C)[C@H](NC(=O)OCc1ccccc1)C(=O)N[C@]1(CN[C@H](c2nc(C)no2)C(C)CC)CCc2[nH]c3c(Cl)cc(Cl)cc3c2C1. The predicted octanol–water partition coefficient (Wildman–Crippen LogP) is 7.23. The second-order valence-corrected chi connectivity index (χ2v) is 13.7. The molecule has 4 N–H and O–H groups in total. The summed E-state index contributed by atoms with van der Waals surface area (Å²) < 4.78 is 11.1. The van der Waals surface area contributed by atoms with Gasteiger partial charge in [-0.15, -0.1) is 0 Å². The van der Waals surface area contributed by atoms with Crippen LogP contribution in [0.3, 0.4) is 0 Å². The highest BCUT2D eigenvalue weighted by atomic mass is 35.5. The molecule has 0 aliphatic heterocycles. The molecule has 0 bridgehead atoms. The molecule has 2 aromatic carbocycles. The maximum atomic E-state index is 14.3. The fraction of sp³-hybridized carbons (Fsp3) is 0.486. The van der Waals surface area contributed by atoms with Gasteiger partial charge in [-0.3, -0.25) is 4.79 Å². The largest absolute Gasteiger partial charge is 0.445 e. The van der Waals surface area contributed by atoms with Crippen molar-refractivity contribution in [3.05, 3.63) is 81.0 Å². The number of halogens is 2. The Hall–Kier alpha value is -3.60. The highest BCUT2D eigenvalue weighted by Crippen LogP contribution is 2.38. The molecule has 12 heteroatoms. The molecule has 2 aromatic heterocycles. The van der Waals surface area contributed by atoms with Crippen molar-refractivity contribution in [2.75, 3.05) is 6.54 Å². The van der Waals surface area contributed by atoms with Crippen LogP contribution >= 0.6 is 23.2 Å². The number of nitrogens with zero attached hydrogens (tertiary/aromatic N) is 2. The molecule has 0 saturated heterocycles. The highest BCUT2D eigenvalue weighted by molar-refractivity contribution is 6.38. The molecular weight excluding hydrogens is 639 g/mol. The van der Waals surface area contributed by atoms with E-state index in [1.165, 1.54) is 0 Å². The van der Waals surface area contributed by atoms with Crippen LogP contribution in [0.2, 0.25) is 10.0 Å². The topological polar surface area (TPSA) is 134 Å². The van der Waals surface area contributed by atoms with Crippen LogP contribution in [0.25, 0.3) is 10.9 Å². The highest BCUT2D eigenvalue weighted by Gasteiger charge is 2.41. The van der Waals surface area contributed by atoms with Crippen LogP contribution in [0.4, 0.5) is 4.79 Å². The summed E-state index contributed by atoms with van der Waals surface area (Å²) in [7, 11) is 0. The van der Waals surface area contributed by atoms with Gasteiger partial charge in [0.2, 0.25) is 11.8 Å². The molecule has 0 spiro atoms. The van der Waals surface area contributed by atoms with Gasteiger partial charge < -0.3 is 30.2 Å². The molecular formula is C35H44Cl2N6O4. The number of alkyl carbamates (subject to hydrolysis) is 1. The van der Waals surface area contributed by atoms with E-state index in [9.17, 15) is 9.59 Å². The van der Waals surface area contributed by atoms with Crippen LogP contribution in [0, 0.1) is 18.8 Å². The summed E-state index contributed by atoms with van der Waals surface area (Å²) >= 11 is 13.0. The van der Waals surface area contributed by atoms with Crippen LogP contribution in [0.5, 0.6) is 0 Å². The quantitative estimate of drug-likeness (QED) is 0.117. The van der Waals surface area contributed by atoms with E-state index >= 15 is 0 Å². The third-order valence-electron chi connectivity index (χ3n) is 9.44. The average molecular weight is 684 g/mol. The Labute approximate surface area is 285 Å². The lowest BCUT2D eigenvalue weighted by Crippen LogP contribution is -2.63. The number of hydrogen-bond acceptors (Lipinski definition) is 7. The molecule has 0 fully saturated rings. The zero-order valence-electron chi connectivity index (χ0n) is 27.6. The van der Waals surface area contributed by atoms with Crippen LogP contribution in [-0.4, -0.2) is 45.3 Å². The number of H-pyrrole nitrogens is 1. The number of amides is 2. The number of hydrogen-bond donors (Lipinski definition) is 4. The molecule has 1 aliphatic carbocycles. The molecule has 4 aromatic rings. The van der Waals surface area contributed by atoms with E-state index in [1.54, 1.807) is 13.0 Å². The van der Waals surface area contributed by atoms with Gasteiger partial charge in [-0.2, -0.15) is 4.98 Å². The van der Waals surface area contributed by atoms with Crippen molar-refractivity contribution in [2.45, 2.75) is 91.0 Å². The van der Waals surface area contributed by atoms with Crippen molar-refractivity contribution in [2.24, 2.45) is 11.8 Å². The molecule has 47 heavy (non-hydrogen) atoms. The maximum Gasteiger partial charge on any atom is 0.408 e. The van der Waals surface area contributed by atoms with Crippen molar-refractivity contribution in [1.29, 1.82) is 0 Å². The molecule has 1 aliphatic rings. The van der Waals surface area contributed by atoms with Gasteiger partial charge in [0.25, 0.3) is 0 Å². The Morgan fingerprint density at radius 3 is 2.53 bits per heavy atom. The molecule has 5 rings (SSSR count). The molecule has 5 atom stereocenters. The minimum absolute atomic E-state index is 0.107. The lowest BCUT2D eigenvalue weighted by atomic mass is 9.78. The third kappa shape index (κ3) is 8.11. The summed E-state index contributed by atoms with van der Waals surface area (Å²) in [6.45, 7) is 10.5. The Balaban J connectivity index is 1.43. The minimum Gasteiger partial charge on any atom is -0.445 e. The van der Waals surface area contributed by atoms with Gasteiger partial charge in [0.1, 0.15) is 12.6 Å². The van der Waals surface area contributed by atoms with E-state index in [2.05, 4.69) is 44.9 Å². The first-order chi connectivity index (χ1) is 22.5. The number of benzene rings is 2. The number of aryl methyl sites for hydroxylation is 2. The first-order valence-corrected chi connectivity index (χ1v) is 17.1. The molecule has 2 amide bonds. The number of aromatic nitrogens is 3. The third-order valence-corrected chi connectivity index (χ3v) is 9.96. The molecule has 10 nitrogen and oxygen atoms in total. The second kappa shape index (κ2) is 15.1. The Morgan fingerprint density at radius 2 is 1.85 bits per heavy atom. The van der Waals surface area contributed by atoms with Crippen LogP contribution < -0.4 is 16.0 Å². The van der Waals surface area contributed by atoms with Gasteiger partial charge in [0.05, 0.1) is 22.1 Å². The van der Waals surface area contributed by atoms with Crippen LogP contribution in [0.1, 0.15) is 81.5 Å². The van der Waals surface area contributed by atoms with E-state index < -0.39 is 17.7 Å². The van der Waals surface area contributed by atoms with Gasteiger partial charge in [-0.1, -0.05) is 99.2 Å². The predicted molar refractivity (Wildman–Crippen MR) is 183 cm³/mol. The Kier molecular flexibility index (Phi) is 11.1. The molecule has 0 radical (unpaired) electrons. The number of ether oxygens (including phenoxy) is 1. The summed E-state index contributed by atoms with van der Waals surface area (Å²) in [6.07, 6.45) is 2.75. The number of rotatable bonds is 13. The number of fused-ring (bicyclic) bond motifs is 3. The average Bonchev–Trinajstić information content (AvgIpc) is 3.65. The lowest BCUT2D eigenvalue weighted by Gasteiger charge is -2.41. The standard InChI is InChI=1S/C35H44Cl2N6O4/c1-6-20(3)29(41-34(45)46-18-23-11-9-8-10-12-23)32(44)42-35(19-38-30(21(4)7-2)33-39-22(5)43-47-33)14-13-28-26(17-35)25-15-24(36)16-27(37)31(25)40-28/h8-12,15-16,20-21,29-30,38,40H,6-7,13-14,17-19H2,1-5H3,(H,41,45)(H,42,44)/t20?,21?,29-,30-,35+/m0/s1. The summed E-state index contributed by atoms with van der Waals surface area (Å²) in [4.78, 5) is 35.2. The number of carbonyl (C=O) groups excluding carboxylic acids is 2. The Bertz CT molecular complexity index is 1690. The van der Waals surface area contributed by atoms with E-state index in [0.717, 1.165) is 34.1 Å². The second-order valence-electron chi connectivity index (χ2n) is 12.8. The summed E-state index contributed by atoms with van der Waals surface area (Å²) in [6, 6.07) is 12.1. The first kappa shape index (κ1) is 34.7. The fourth-order valence-electron chi connectivity index (χ4n) is 6.28. The molecule has 252 valence electrons. The molecule has 2 unspecified atom stereocenters. The van der Waals surface area contributed by atoms with Gasteiger partial charge in [0, 0.05) is 22.6 Å².